The van der Waals surface area contributed by atoms with E-state index >= 15 is 0 Å². The Bertz CT molecular complexity index is 808. The summed E-state index contributed by atoms with van der Waals surface area (Å²) < 4.78 is 30.7. The van der Waals surface area contributed by atoms with Crippen LogP contribution in [0.3, 0.4) is 0 Å². The molecule has 0 aromatic heterocycles. The molecule has 2 fully saturated rings. The van der Waals surface area contributed by atoms with Gasteiger partial charge < -0.3 is 15.4 Å². The first-order valence-electron chi connectivity index (χ1n) is 9.45. The predicted octanol–water partition coefficient (Wildman–Crippen LogP) is 0.00350. The molecule has 1 aromatic rings. The van der Waals surface area contributed by atoms with Gasteiger partial charge in [0.1, 0.15) is 0 Å². The highest BCUT2D eigenvalue weighted by atomic mass is 32.2. The van der Waals surface area contributed by atoms with Gasteiger partial charge in [0.05, 0.1) is 24.7 Å². The summed E-state index contributed by atoms with van der Waals surface area (Å²) in [6.07, 6.45) is 1.33. The first-order chi connectivity index (χ1) is 13.5. The van der Waals surface area contributed by atoms with Crippen LogP contribution in [0.15, 0.2) is 24.3 Å². The van der Waals surface area contributed by atoms with E-state index in [1.54, 1.807) is 24.3 Å². The summed E-state index contributed by atoms with van der Waals surface area (Å²) in [6.45, 7) is 4.91. The molecule has 3 rings (SSSR count). The third-order valence-corrected chi connectivity index (χ3v) is 6.61. The topological polar surface area (TPSA) is 108 Å². The molecule has 2 heterocycles. The first kappa shape index (κ1) is 20.6. The van der Waals surface area contributed by atoms with Crippen molar-refractivity contribution in [3.05, 3.63) is 24.3 Å². The number of hydrogen-bond donors (Lipinski definition) is 2. The van der Waals surface area contributed by atoms with E-state index < -0.39 is 21.8 Å². The van der Waals surface area contributed by atoms with Crippen molar-refractivity contribution in [2.24, 2.45) is 0 Å². The number of ether oxygens (including phenoxy) is 1. The molecule has 0 saturated carbocycles. The number of sulfonamides is 1. The lowest BCUT2D eigenvalue weighted by Crippen LogP contribution is -2.39. The maximum atomic E-state index is 12.1. The normalized spacial score (nSPS) is 19.4. The number of anilines is 2. The van der Waals surface area contributed by atoms with Crippen LogP contribution < -0.4 is 14.9 Å². The molecular formula is C18H26N4O5S. The monoisotopic (exact) mass is 410 g/mol. The summed E-state index contributed by atoms with van der Waals surface area (Å²) in [5, 5.41) is 5.13. The van der Waals surface area contributed by atoms with Gasteiger partial charge in [0.25, 0.3) is 0 Å². The van der Waals surface area contributed by atoms with Gasteiger partial charge in [-0.15, -0.1) is 0 Å². The largest absolute Gasteiger partial charge is 0.379 e. The van der Waals surface area contributed by atoms with E-state index in [1.165, 1.54) is 4.31 Å². The van der Waals surface area contributed by atoms with E-state index in [4.69, 9.17) is 4.74 Å². The lowest BCUT2D eigenvalue weighted by atomic mass is 10.2. The Morgan fingerprint density at radius 1 is 1.11 bits per heavy atom. The Labute approximate surface area is 165 Å². The fourth-order valence-corrected chi connectivity index (χ4v) is 4.82. The number of benzene rings is 1. The van der Waals surface area contributed by atoms with Crippen LogP contribution in [0.5, 0.6) is 0 Å². The molecule has 154 valence electrons. The minimum absolute atomic E-state index is 0.121. The summed E-state index contributed by atoms with van der Waals surface area (Å²) in [5.41, 5.74) is 0.870. The van der Waals surface area contributed by atoms with E-state index in [1.807, 2.05) is 0 Å². The maximum Gasteiger partial charge on any atom is 0.313 e. The number of morpholine rings is 1. The molecule has 0 atom stereocenters. The number of carbonyl (C=O) groups excluding carboxylic acids is 2. The first-order valence-corrected chi connectivity index (χ1v) is 11.1. The summed E-state index contributed by atoms with van der Waals surface area (Å²) in [4.78, 5) is 26.3. The van der Waals surface area contributed by atoms with Gasteiger partial charge in [-0.1, -0.05) is 6.07 Å². The second-order valence-corrected chi connectivity index (χ2v) is 8.82. The minimum atomic E-state index is -3.30. The van der Waals surface area contributed by atoms with Crippen LogP contribution in [0, 0.1) is 0 Å². The van der Waals surface area contributed by atoms with Crippen LogP contribution in [-0.2, 0) is 24.3 Å². The van der Waals surface area contributed by atoms with Crippen LogP contribution in [0.25, 0.3) is 0 Å². The van der Waals surface area contributed by atoms with Gasteiger partial charge in [-0.05, 0) is 37.6 Å². The van der Waals surface area contributed by atoms with E-state index in [0.29, 0.717) is 30.9 Å². The Morgan fingerprint density at radius 2 is 1.89 bits per heavy atom. The van der Waals surface area contributed by atoms with Crippen molar-refractivity contribution < 1.29 is 22.7 Å². The lowest BCUT2D eigenvalue weighted by molar-refractivity contribution is -0.136. The zero-order chi connectivity index (χ0) is 20.0. The molecule has 2 saturated heterocycles. The quantitative estimate of drug-likeness (QED) is 0.505. The Hall–Kier alpha value is -2.17. The zero-order valence-electron chi connectivity index (χ0n) is 15.7. The predicted molar refractivity (Wildman–Crippen MR) is 106 cm³/mol. The van der Waals surface area contributed by atoms with Crippen molar-refractivity contribution >= 4 is 33.2 Å². The molecule has 0 unspecified atom stereocenters. The summed E-state index contributed by atoms with van der Waals surface area (Å²) in [5.74, 6) is -1.36. The molecule has 0 spiro atoms. The smallest absolute Gasteiger partial charge is 0.313 e. The molecule has 0 bridgehead atoms. The van der Waals surface area contributed by atoms with E-state index in [9.17, 15) is 18.0 Å². The van der Waals surface area contributed by atoms with Gasteiger partial charge >= 0.3 is 11.8 Å². The number of nitrogens with one attached hydrogen (secondary N) is 2. The molecule has 2 aliphatic heterocycles. The van der Waals surface area contributed by atoms with Gasteiger partial charge in [0.15, 0.2) is 0 Å². The van der Waals surface area contributed by atoms with Crippen molar-refractivity contribution in [3.63, 3.8) is 0 Å². The molecule has 9 nitrogen and oxygen atoms in total. The molecule has 2 N–H and O–H groups in total. The van der Waals surface area contributed by atoms with E-state index in [-0.39, 0.29) is 5.75 Å². The highest BCUT2D eigenvalue weighted by Gasteiger charge is 2.28. The highest BCUT2D eigenvalue weighted by Crippen LogP contribution is 2.26. The third kappa shape index (κ3) is 5.43. The fourth-order valence-electron chi connectivity index (χ4n) is 3.27. The second-order valence-electron chi connectivity index (χ2n) is 6.81. The molecule has 0 aliphatic carbocycles. The SMILES string of the molecule is O=C(NCCCN1CCOCC1)C(=O)Nc1cccc(N2CCCS2(=O)=O)c1. The second kappa shape index (κ2) is 9.35. The number of nitrogens with zero attached hydrogens (tertiary/aromatic N) is 2. The third-order valence-electron chi connectivity index (χ3n) is 4.74. The van der Waals surface area contributed by atoms with E-state index in [2.05, 4.69) is 15.5 Å². The van der Waals surface area contributed by atoms with Gasteiger partial charge in [-0.3, -0.25) is 18.8 Å². The minimum Gasteiger partial charge on any atom is -0.379 e. The zero-order valence-corrected chi connectivity index (χ0v) is 16.5. The summed E-state index contributed by atoms with van der Waals surface area (Å²) >= 11 is 0. The van der Waals surface area contributed by atoms with Gasteiger partial charge in [0.2, 0.25) is 10.0 Å². The molecule has 2 amide bonds. The standard InChI is InChI=1S/C18H26N4O5S/c23-17(19-6-2-7-21-9-11-27-12-10-21)18(24)20-15-4-1-5-16(14-15)22-8-3-13-28(22,25)26/h1,4-5,14H,2-3,6-13H2,(H,19,23)(H,20,24). The lowest BCUT2D eigenvalue weighted by Gasteiger charge is -2.26. The van der Waals surface area contributed by atoms with Crippen LogP contribution in [0.4, 0.5) is 11.4 Å². The van der Waals surface area contributed by atoms with Gasteiger partial charge in [0, 0.05) is 31.9 Å². The van der Waals surface area contributed by atoms with Gasteiger partial charge in [-0.2, -0.15) is 0 Å². The summed E-state index contributed by atoms with van der Waals surface area (Å²) in [7, 11) is -3.30. The van der Waals surface area contributed by atoms with Crippen molar-refractivity contribution in [1.29, 1.82) is 0 Å². The van der Waals surface area contributed by atoms with Crippen molar-refractivity contribution in [2.75, 3.05) is 61.3 Å². The molecule has 1 aromatic carbocycles. The number of hydrogen-bond acceptors (Lipinski definition) is 6. The van der Waals surface area contributed by atoms with Crippen molar-refractivity contribution in [3.8, 4) is 0 Å². The number of carbonyl (C=O) groups is 2. The van der Waals surface area contributed by atoms with Crippen LogP contribution in [-0.4, -0.2) is 76.8 Å². The van der Waals surface area contributed by atoms with Crippen molar-refractivity contribution in [1.82, 2.24) is 10.2 Å². The Balaban J connectivity index is 1.46. The van der Waals surface area contributed by atoms with E-state index in [0.717, 1.165) is 39.3 Å². The number of amides is 2. The fraction of sp³-hybridized carbons (Fsp3) is 0.556. The van der Waals surface area contributed by atoms with Crippen LogP contribution in [0.2, 0.25) is 0 Å². The average molecular weight is 410 g/mol. The highest BCUT2D eigenvalue weighted by molar-refractivity contribution is 7.93. The average Bonchev–Trinajstić information content (AvgIpc) is 3.05. The molecule has 10 heteroatoms. The van der Waals surface area contributed by atoms with Crippen LogP contribution in [0.1, 0.15) is 12.8 Å². The Kier molecular flexibility index (Phi) is 6.87. The molecular weight excluding hydrogens is 384 g/mol. The molecule has 0 radical (unpaired) electrons. The molecule has 28 heavy (non-hydrogen) atoms. The van der Waals surface area contributed by atoms with Crippen molar-refractivity contribution in [2.45, 2.75) is 12.8 Å². The summed E-state index contributed by atoms with van der Waals surface area (Å²) in [6, 6.07) is 6.51. The number of rotatable bonds is 6. The molecule has 2 aliphatic rings. The van der Waals surface area contributed by atoms with Gasteiger partial charge in [-0.25, -0.2) is 8.42 Å². The van der Waals surface area contributed by atoms with Crippen LogP contribution >= 0.6 is 0 Å². The maximum absolute atomic E-state index is 12.1. The Morgan fingerprint density at radius 3 is 2.61 bits per heavy atom.